The van der Waals surface area contributed by atoms with E-state index in [1.54, 1.807) is 23.1 Å². The predicted octanol–water partition coefficient (Wildman–Crippen LogP) is 2.63. The Hall–Kier alpha value is -4.38. The maximum Gasteiger partial charge on any atom is 0.246 e. The number of carbonyl (C=O) groups is 2. The third-order valence-corrected chi connectivity index (χ3v) is 5.74. The van der Waals surface area contributed by atoms with E-state index in [9.17, 15) is 24.9 Å². The molecule has 2 amide bonds. The zero-order valence-corrected chi connectivity index (χ0v) is 22.5. The van der Waals surface area contributed by atoms with E-state index in [4.69, 9.17) is 19.9 Å². The van der Waals surface area contributed by atoms with Gasteiger partial charge < -0.3 is 45.5 Å². The predicted molar refractivity (Wildman–Crippen MR) is 148 cm³/mol. The largest absolute Gasteiger partial charge is 0.504 e. The molecule has 11 heteroatoms. The molecule has 0 aliphatic heterocycles. The molecule has 0 radical (unpaired) electrons. The first-order valence-corrected chi connectivity index (χ1v) is 12.4. The molecule has 0 spiro atoms. The van der Waals surface area contributed by atoms with E-state index in [-0.39, 0.29) is 46.3 Å². The van der Waals surface area contributed by atoms with Gasteiger partial charge in [0, 0.05) is 31.8 Å². The Morgan fingerprint density at radius 1 is 0.821 bits per heavy atom. The number of unbranched alkanes of at least 4 members (excludes halogenated alkanes) is 1. The summed E-state index contributed by atoms with van der Waals surface area (Å²) >= 11 is 0. The second-order valence-corrected chi connectivity index (χ2v) is 8.50. The van der Waals surface area contributed by atoms with Crippen LogP contribution in [0.2, 0.25) is 0 Å². The van der Waals surface area contributed by atoms with Crippen molar-refractivity contribution in [2.24, 2.45) is 5.73 Å². The number of hydrogen-bond donors (Lipinski definition) is 5. The van der Waals surface area contributed by atoms with Gasteiger partial charge in [0.1, 0.15) is 0 Å². The van der Waals surface area contributed by atoms with Crippen LogP contribution in [-0.2, 0) is 9.59 Å². The van der Waals surface area contributed by atoms with Crippen molar-refractivity contribution in [3.8, 4) is 34.5 Å². The van der Waals surface area contributed by atoms with Gasteiger partial charge in [-0.3, -0.25) is 9.59 Å². The molecule has 0 atom stereocenters. The normalized spacial score (nSPS) is 11.1. The van der Waals surface area contributed by atoms with Crippen molar-refractivity contribution in [3.63, 3.8) is 0 Å². The highest BCUT2D eigenvalue weighted by Crippen LogP contribution is 2.38. The molecule has 0 saturated heterocycles. The number of aromatic hydroxyl groups is 3. The molecule has 11 nitrogen and oxygen atoms in total. The van der Waals surface area contributed by atoms with E-state index >= 15 is 0 Å². The van der Waals surface area contributed by atoms with Crippen LogP contribution in [0.15, 0.2) is 36.4 Å². The maximum atomic E-state index is 12.8. The number of phenolic OH excluding ortho intramolecular Hbond substituents is 3. The number of hydrogen-bond acceptors (Lipinski definition) is 9. The topological polar surface area (TPSA) is 164 Å². The molecule has 6 N–H and O–H groups in total. The van der Waals surface area contributed by atoms with Gasteiger partial charge in [-0.25, -0.2) is 0 Å². The van der Waals surface area contributed by atoms with Crippen LogP contribution < -0.4 is 25.3 Å². The van der Waals surface area contributed by atoms with Gasteiger partial charge in [-0.05, 0) is 73.4 Å². The van der Waals surface area contributed by atoms with Crippen LogP contribution in [0.25, 0.3) is 12.2 Å². The quantitative estimate of drug-likeness (QED) is 0.129. The summed E-state index contributed by atoms with van der Waals surface area (Å²) in [4.78, 5) is 26.7. The molecule has 0 heterocycles. The second kappa shape index (κ2) is 15.8. The lowest BCUT2D eigenvalue weighted by Gasteiger charge is -2.21. The van der Waals surface area contributed by atoms with Crippen molar-refractivity contribution in [1.29, 1.82) is 0 Å². The Balaban J connectivity index is 1.88. The first kappa shape index (κ1) is 30.8. The molecule has 212 valence electrons. The van der Waals surface area contributed by atoms with E-state index in [1.165, 1.54) is 51.7 Å². The van der Waals surface area contributed by atoms with Crippen LogP contribution in [0.5, 0.6) is 34.5 Å². The standard InChI is InChI=1S/C28H37N3O8/c1-37-22-16-19(15-21(32)27(22)35)7-9-25(33)30-12-4-5-13-31(14-6-11-29)26(34)10-8-20-17-23(38-2)28(36)24(18-20)39-3/h7-10,15-18,32,35-36H,4-6,11-14,29H2,1-3H3,(H,30,33)/b9-7+,10-8+. The van der Waals surface area contributed by atoms with E-state index < -0.39 is 0 Å². The average molecular weight is 544 g/mol. The smallest absolute Gasteiger partial charge is 0.246 e. The first-order valence-electron chi connectivity index (χ1n) is 12.4. The highest BCUT2D eigenvalue weighted by Gasteiger charge is 2.13. The Bertz CT molecular complexity index is 1150. The van der Waals surface area contributed by atoms with Gasteiger partial charge in [-0.1, -0.05) is 0 Å². The van der Waals surface area contributed by atoms with Gasteiger partial charge in [0.05, 0.1) is 21.3 Å². The summed E-state index contributed by atoms with van der Waals surface area (Å²) in [7, 11) is 4.22. The Morgan fingerprint density at radius 2 is 1.36 bits per heavy atom. The van der Waals surface area contributed by atoms with Gasteiger partial charge in [0.2, 0.25) is 23.3 Å². The van der Waals surface area contributed by atoms with Gasteiger partial charge in [-0.2, -0.15) is 0 Å². The Morgan fingerprint density at radius 3 is 1.95 bits per heavy atom. The van der Waals surface area contributed by atoms with E-state index in [0.29, 0.717) is 56.6 Å². The summed E-state index contributed by atoms with van der Waals surface area (Å²) in [5, 5.41) is 32.3. The molecule has 0 unspecified atom stereocenters. The molecule has 2 aromatic rings. The van der Waals surface area contributed by atoms with E-state index in [0.717, 1.165) is 0 Å². The molecule has 0 aromatic heterocycles. The molecule has 39 heavy (non-hydrogen) atoms. The van der Waals surface area contributed by atoms with Crippen LogP contribution in [0.3, 0.4) is 0 Å². The minimum Gasteiger partial charge on any atom is -0.504 e. The number of benzene rings is 2. The van der Waals surface area contributed by atoms with E-state index in [1.807, 2.05) is 0 Å². The molecular formula is C28H37N3O8. The Labute approximate surface area is 228 Å². The third kappa shape index (κ3) is 9.46. The average Bonchev–Trinajstić information content (AvgIpc) is 2.94. The number of amides is 2. The summed E-state index contributed by atoms with van der Waals surface area (Å²) in [6, 6.07) is 6.01. The Kier molecular flexibility index (Phi) is 12.5. The van der Waals surface area contributed by atoms with Crippen molar-refractivity contribution < 1.29 is 39.1 Å². The van der Waals surface area contributed by atoms with Crippen molar-refractivity contribution in [1.82, 2.24) is 10.2 Å². The summed E-state index contributed by atoms with van der Waals surface area (Å²) in [6.45, 7) is 1.85. The van der Waals surface area contributed by atoms with Crippen LogP contribution in [-0.4, -0.2) is 79.5 Å². The van der Waals surface area contributed by atoms with Crippen molar-refractivity contribution in [2.45, 2.75) is 19.3 Å². The molecule has 0 saturated carbocycles. The minimum atomic E-state index is -0.366. The number of carbonyl (C=O) groups excluding carboxylic acids is 2. The lowest BCUT2D eigenvalue weighted by molar-refractivity contribution is -0.126. The highest BCUT2D eigenvalue weighted by molar-refractivity contribution is 5.92. The number of nitrogens with zero attached hydrogens (tertiary/aromatic N) is 1. The lowest BCUT2D eigenvalue weighted by Crippen LogP contribution is -2.33. The fourth-order valence-electron chi connectivity index (χ4n) is 3.63. The second-order valence-electron chi connectivity index (χ2n) is 8.50. The number of ether oxygens (including phenoxy) is 3. The minimum absolute atomic E-state index is 0.0983. The van der Waals surface area contributed by atoms with Gasteiger partial charge in [0.15, 0.2) is 23.0 Å². The van der Waals surface area contributed by atoms with Crippen molar-refractivity contribution >= 4 is 24.0 Å². The fourth-order valence-corrected chi connectivity index (χ4v) is 3.63. The van der Waals surface area contributed by atoms with Crippen LogP contribution >= 0.6 is 0 Å². The van der Waals surface area contributed by atoms with Crippen LogP contribution in [0.1, 0.15) is 30.4 Å². The van der Waals surface area contributed by atoms with Crippen LogP contribution in [0, 0.1) is 0 Å². The fraction of sp³-hybridized carbons (Fsp3) is 0.357. The summed E-state index contributed by atoms with van der Waals surface area (Å²) < 4.78 is 15.3. The maximum absolute atomic E-state index is 12.8. The number of nitrogens with two attached hydrogens (primary N) is 1. The lowest BCUT2D eigenvalue weighted by atomic mass is 10.1. The first-order chi connectivity index (χ1) is 18.7. The van der Waals surface area contributed by atoms with E-state index in [2.05, 4.69) is 5.32 Å². The molecule has 2 rings (SSSR count). The SMILES string of the molecule is COc1cc(/C=C/C(=O)NCCCCN(CCCN)C(=O)/C=C/c2cc(OC)c(O)c(OC)c2)cc(O)c1O. The third-order valence-electron chi connectivity index (χ3n) is 5.74. The van der Waals surface area contributed by atoms with Gasteiger partial charge >= 0.3 is 0 Å². The zero-order chi connectivity index (χ0) is 28.8. The number of nitrogens with one attached hydrogen (secondary N) is 1. The van der Waals surface area contributed by atoms with Gasteiger partial charge in [0.25, 0.3) is 0 Å². The van der Waals surface area contributed by atoms with Crippen LogP contribution in [0.4, 0.5) is 0 Å². The summed E-state index contributed by atoms with van der Waals surface area (Å²) in [5.41, 5.74) is 6.76. The van der Waals surface area contributed by atoms with Crippen molar-refractivity contribution in [2.75, 3.05) is 47.5 Å². The molecule has 0 aliphatic rings. The molecule has 0 aliphatic carbocycles. The zero-order valence-electron chi connectivity index (χ0n) is 22.5. The number of phenols is 3. The number of rotatable bonds is 15. The molecule has 0 fully saturated rings. The number of methoxy groups -OCH3 is 3. The monoisotopic (exact) mass is 543 g/mol. The molecule has 0 bridgehead atoms. The van der Waals surface area contributed by atoms with Gasteiger partial charge in [-0.15, -0.1) is 0 Å². The molecule has 2 aromatic carbocycles. The summed E-state index contributed by atoms with van der Waals surface area (Å²) in [5.74, 6) is -0.764. The van der Waals surface area contributed by atoms with Crippen molar-refractivity contribution in [3.05, 3.63) is 47.5 Å². The summed E-state index contributed by atoms with van der Waals surface area (Å²) in [6.07, 6.45) is 7.85. The highest BCUT2D eigenvalue weighted by atomic mass is 16.5. The molecular weight excluding hydrogens is 506 g/mol.